The normalized spacial score (nSPS) is 19.8. The molecule has 26 heavy (non-hydrogen) atoms. The minimum absolute atomic E-state index is 0. The third-order valence-corrected chi connectivity index (χ3v) is 5.46. The van der Waals surface area contributed by atoms with Crippen molar-refractivity contribution in [1.29, 1.82) is 0 Å². The first-order valence-electron chi connectivity index (χ1n) is 9.83. The Morgan fingerprint density at radius 2 is 1.85 bits per heavy atom. The fourth-order valence-electron chi connectivity index (χ4n) is 3.81. The van der Waals surface area contributed by atoms with Crippen molar-refractivity contribution in [3.63, 3.8) is 0 Å². The van der Waals surface area contributed by atoms with Crippen molar-refractivity contribution >= 4 is 35.6 Å². The second-order valence-corrected chi connectivity index (χ2v) is 7.04. The molecular weight excluding hydrogens is 437 g/mol. The van der Waals surface area contributed by atoms with Gasteiger partial charge in [-0.25, -0.2) is 0 Å². The lowest BCUT2D eigenvalue weighted by atomic mass is 10.2. The first-order chi connectivity index (χ1) is 12.2. The lowest BCUT2D eigenvalue weighted by Gasteiger charge is -2.37. The van der Waals surface area contributed by atoms with Crippen molar-refractivity contribution in [2.24, 2.45) is 4.99 Å². The Bertz CT molecular complexity index is 583. The summed E-state index contributed by atoms with van der Waals surface area (Å²) in [6.07, 6.45) is 1.11. The predicted octanol–water partition coefficient (Wildman–Crippen LogP) is 2.66. The highest BCUT2D eigenvalue weighted by Crippen LogP contribution is 2.27. The maximum absolute atomic E-state index is 4.98. The summed E-state index contributed by atoms with van der Waals surface area (Å²) in [7, 11) is 0. The molecule has 2 heterocycles. The van der Waals surface area contributed by atoms with Gasteiger partial charge in [0.05, 0.1) is 6.54 Å². The second-order valence-electron chi connectivity index (χ2n) is 7.04. The van der Waals surface area contributed by atoms with Crippen molar-refractivity contribution in [3.05, 3.63) is 29.8 Å². The summed E-state index contributed by atoms with van der Waals surface area (Å²) in [5.41, 5.74) is 2.74. The van der Waals surface area contributed by atoms with Crippen molar-refractivity contribution in [2.45, 2.75) is 33.2 Å². The summed E-state index contributed by atoms with van der Waals surface area (Å²) in [6, 6.07) is 9.18. The number of guanidine groups is 1. The fourth-order valence-corrected chi connectivity index (χ4v) is 3.81. The highest BCUT2D eigenvalue weighted by atomic mass is 127. The highest BCUT2D eigenvalue weighted by Gasteiger charge is 2.24. The molecular formula is C20H34IN5. The molecule has 0 spiro atoms. The average Bonchev–Trinajstić information content (AvgIpc) is 3.09. The Kier molecular flexibility index (Phi) is 8.63. The third kappa shape index (κ3) is 5.10. The topological polar surface area (TPSA) is 34.1 Å². The Hall–Kier alpha value is -0.860. The minimum Gasteiger partial charge on any atom is -0.356 e. The number of rotatable bonds is 5. The summed E-state index contributed by atoms with van der Waals surface area (Å²) in [6.45, 7) is 15.3. The molecule has 2 aliphatic rings. The Morgan fingerprint density at radius 1 is 1.12 bits per heavy atom. The van der Waals surface area contributed by atoms with Crippen LogP contribution in [0.5, 0.6) is 0 Å². The van der Waals surface area contributed by atoms with Crippen molar-refractivity contribution in [3.8, 4) is 0 Å². The maximum atomic E-state index is 4.98. The van der Waals surface area contributed by atoms with E-state index in [1.165, 1.54) is 30.9 Å². The van der Waals surface area contributed by atoms with Gasteiger partial charge >= 0.3 is 0 Å². The number of hydrogen-bond acceptors (Lipinski definition) is 3. The van der Waals surface area contributed by atoms with Crippen LogP contribution in [0.2, 0.25) is 0 Å². The number of aliphatic imine (C=N–C) groups is 1. The number of benzene rings is 1. The van der Waals surface area contributed by atoms with Gasteiger partial charge in [-0.1, -0.05) is 25.1 Å². The van der Waals surface area contributed by atoms with E-state index in [-0.39, 0.29) is 24.0 Å². The molecule has 1 atom stereocenters. The summed E-state index contributed by atoms with van der Waals surface area (Å²) in [4.78, 5) is 12.4. The number of halogens is 1. The largest absolute Gasteiger partial charge is 0.356 e. The van der Waals surface area contributed by atoms with Crippen molar-refractivity contribution in [1.82, 2.24) is 15.1 Å². The van der Waals surface area contributed by atoms with Gasteiger partial charge < -0.3 is 15.1 Å². The SMILES string of the molecule is CCNC(=NCC(C)N1CCN(CC)CC1)N1CCc2ccccc21.I. The standard InChI is InChI=1S/C20H33N5.HI/c1-4-21-20(25-11-10-18-8-6-7-9-19(18)25)22-16-17(3)24-14-12-23(5-2)13-15-24;/h6-9,17H,4-5,10-16H2,1-3H3,(H,21,22);1H. The molecule has 3 rings (SSSR count). The number of likely N-dealkylation sites (N-methyl/N-ethyl adjacent to an activating group) is 1. The fraction of sp³-hybridized carbons (Fsp3) is 0.650. The molecule has 6 heteroatoms. The van der Waals surface area contributed by atoms with Crippen LogP contribution in [0.3, 0.4) is 0 Å². The number of fused-ring (bicyclic) bond motifs is 1. The lowest BCUT2D eigenvalue weighted by Crippen LogP contribution is -2.50. The third-order valence-electron chi connectivity index (χ3n) is 5.46. The molecule has 0 aromatic heterocycles. The van der Waals surface area contributed by atoms with Crippen LogP contribution in [0.25, 0.3) is 0 Å². The molecule has 0 radical (unpaired) electrons. The molecule has 1 saturated heterocycles. The van der Waals surface area contributed by atoms with Gasteiger partial charge in [0.15, 0.2) is 5.96 Å². The summed E-state index contributed by atoms with van der Waals surface area (Å²) in [5, 5.41) is 3.49. The summed E-state index contributed by atoms with van der Waals surface area (Å²) in [5.74, 6) is 1.03. The summed E-state index contributed by atoms with van der Waals surface area (Å²) >= 11 is 0. The van der Waals surface area contributed by atoms with E-state index in [4.69, 9.17) is 4.99 Å². The van der Waals surface area contributed by atoms with Crippen LogP contribution in [-0.2, 0) is 6.42 Å². The first kappa shape index (κ1) is 21.4. The number of piperazine rings is 1. The van der Waals surface area contributed by atoms with Gasteiger partial charge in [-0.3, -0.25) is 9.89 Å². The van der Waals surface area contributed by atoms with Crippen LogP contribution < -0.4 is 10.2 Å². The number of nitrogens with zero attached hydrogens (tertiary/aromatic N) is 4. The van der Waals surface area contributed by atoms with Crippen LogP contribution in [0, 0.1) is 0 Å². The molecule has 5 nitrogen and oxygen atoms in total. The maximum Gasteiger partial charge on any atom is 0.198 e. The van der Waals surface area contributed by atoms with E-state index >= 15 is 0 Å². The van der Waals surface area contributed by atoms with E-state index in [1.807, 2.05) is 0 Å². The first-order valence-corrected chi connectivity index (χ1v) is 9.83. The van der Waals surface area contributed by atoms with Crippen LogP contribution in [0.4, 0.5) is 5.69 Å². The molecule has 0 saturated carbocycles. The Morgan fingerprint density at radius 3 is 2.54 bits per heavy atom. The molecule has 2 aliphatic heterocycles. The van der Waals surface area contributed by atoms with Gasteiger partial charge in [-0.05, 0) is 38.4 Å². The molecule has 0 bridgehead atoms. The van der Waals surface area contributed by atoms with Gasteiger partial charge in [0.25, 0.3) is 0 Å². The average molecular weight is 471 g/mol. The predicted molar refractivity (Wildman–Crippen MR) is 122 cm³/mol. The van der Waals surface area contributed by atoms with Crippen LogP contribution in [0.1, 0.15) is 26.3 Å². The van der Waals surface area contributed by atoms with Gasteiger partial charge in [-0.15, -0.1) is 24.0 Å². The van der Waals surface area contributed by atoms with E-state index in [0.717, 1.165) is 45.1 Å². The van der Waals surface area contributed by atoms with Crippen LogP contribution in [-0.4, -0.2) is 74.2 Å². The number of nitrogens with one attached hydrogen (secondary N) is 1. The van der Waals surface area contributed by atoms with Crippen LogP contribution >= 0.6 is 24.0 Å². The highest BCUT2D eigenvalue weighted by molar-refractivity contribution is 14.0. The molecule has 1 N–H and O–H groups in total. The monoisotopic (exact) mass is 471 g/mol. The zero-order valence-electron chi connectivity index (χ0n) is 16.4. The van der Waals surface area contributed by atoms with Gasteiger partial charge in [0.1, 0.15) is 0 Å². The second kappa shape index (κ2) is 10.5. The molecule has 1 fully saturated rings. The molecule has 0 aliphatic carbocycles. The number of anilines is 1. The number of para-hydroxylation sites is 1. The van der Waals surface area contributed by atoms with E-state index in [9.17, 15) is 0 Å². The smallest absolute Gasteiger partial charge is 0.198 e. The Labute approximate surface area is 175 Å². The Balaban J connectivity index is 0.00000243. The van der Waals surface area contributed by atoms with Gasteiger partial charge in [0, 0.05) is 51.0 Å². The molecule has 1 aromatic carbocycles. The minimum atomic E-state index is 0. The quantitative estimate of drug-likeness (QED) is 0.407. The van der Waals surface area contributed by atoms with E-state index in [2.05, 4.69) is 65.1 Å². The summed E-state index contributed by atoms with van der Waals surface area (Å²) < 4.78 is 0. The van der Waals surface area contributed by atoms with Crippen molar-refractivity contribution in [2.75, 3.05) is 57.3 Å². The van der Waals surface area contributed by atoms with Crippen molar-refractivity contribution < 1.29 is 0 Å². The molecule has 146 valence electrons. The number of hydrogen-bond donors (Lipinski definition) is 1. The van der Waals surface area contributed by atoms with E-state index < -0.39 is 0 Å². The molecule has 0 amide bonds. The molecule has 1 aromatic rings. The van der Waals surface area contributed by atoms with Gasteiger partial charge in [0.2, 0.25) is 0 Å². The van der Waals surface area contributed by atoms with Gasteiger partial charge in [-0.2, -0.15) is 0 Å². The molecule has 1 unspecified atom stereocenters. The zero-order chi connectivity index (χ0) is 17.6. The van der Waals surface area contributed by atoms with E-state index in [0.29, 0.717) is 6.04 Å². The zero-order valence-corrected chi connectivity index (χ0v) is 18.8. The van der Waals surface area contributed by atoms with Crippen LogP contribution in [0.15, 0.2) is 29.3 Å². The van der Waals surface area contributed by atoms with E-state index in [1.54, 1.807) is 0 Å². The lowest BCUT2D eigenvalue weighted by molar-refractivity contribution is 0.109.